The van der Waals surface area contributed by atoms with E-state index in [1.807, 2.05) is 0 Å². The Morgan fingerprint density at radius 1 is 1.22 bits per heavy atom. The van der Waals surface area contributed by atoms with Crippen LogP contribution in [-0.4, -0.2) is 12.5 Å². The number of halogens is 2. The maximum absolute atomic E-state index is 12.9. The normalized spacial score (nSPS) is 10.3. The zero-order chi connectivity index (χ0) is 13.0. The number of hydrogen-bond donors (Lipinski definition) is 1. The molecule has 1 heterocycles. The molecule has 1 amide bonds. The lowest BCUT2D eigenvalue weighted by Gasteiger charge is -2.04. The summed E-state index contributed by atoms with van der Waals surface area (Å²) in [7, 11) is 0. The minimum Gasteiger partial charge on any atom is -0.472 e. The van der Waals surface area contributed by atoms with E-state index in [1.165, 1.54) is 6.07 Å². The monoisotopic (exact) mass is 251 g/mol. The summed E-state index contributed by atoms with van der Waals surface area (Å²) >= 11 is 0. The van der Waals surface area contributed by atoms with Crippen LogP contribution in [0.5, 0.6) is 0 Å². The number of furan rings is 1. The Morgan fingerprint density at radius 2 is 2.06 bits per heavy atom. The molecule has 3 nitrogen and oxygen atoms in total. The maximum atomic E-state index is 12.9. The third kappa shape index (κ3) is 2.94. The third-order valence-corrected chi connectivity index (χ3v) is 2.46. The summed E-state index contributed by atoms with van der Waals surface area (Å²) in [6, 6.07) is 4.85. The molecule has 0 radical (unpaired) electrons. The van der Waals surface area contributed by atoms with Crippen LogP contribution in [0.15, 0.2) is 41.2 Å². The number of nitrogens with one attached hydrogen (secondary N) is 1. The highest BCUT2D eigenvalue weighted by Gasteiger charge is 2.09. The van der Waals surface area contributed by atoms with Crippen LogP contribution in [0, 0.1) is 11.6 Å². The van der Waals surface area contributed by atoms with Crippen LogP contribution >= 0.6 is 0 Å². The van der Waals surface area contributed by atoms with E-state index in [0.29, 0.717) is 13.0 Å². The average molecular weight is 251 g/mol. The van der Waals surface area contributed by atoms with Crippen molar-refractivity contribution >= 4 is 5.91 Å². The Morgan fingerprint density at radius 3 is 2.72 bits per heavy atom. The molecule has 0 atom stereocenters. The molecule has 0 aliphatic rings. The fraction of sp³-hybridized carbons (Fsp3) is 0.154. The van der Waals surface area contributed by atoms with Crippen molar-refractivity contribution in [1.82, 2.24) is 5.32 Å². The SMILES string of the molecule is O=C(NCCc1ccoc1)c1ccc(F)c(F)c1. The second kappa shape index (κ2) is 5.44. The predicted octanol–water partition coefficient (Wildman–Crippen LogP) is 2.53. The van der Waals surface area contributed by atoms with Crippen molar-refractivity contribution in [2.24, 2.45) is 0 Å². The second-order valence-corrected chi connectivity index (χ2v) is 3.77. The largest absolute Gasteiger partial charge is 0.472 e. The fourth-order valence-corrected chi connectivity index (χ4v) is 1.49. The molecule has 0 saturated heterocycles. The predicted molar refractivity (Wildman–Crippen MR) is 61.1 cm³/mol. The van der Waals surface area contributed by atoms with Crippen molar-refractivity contribution in [2.75, 3.05) is 6.54 Å². The standard InChI is InChI=1S/C13H11F2NO2/c14-11-2-1-10(7-12(11)15)13(17)16-5-3-9-4-6-18-8-9/h1-2,4,6-8H,3,5H2,(H,16,17). The van der Waals surface area contributed by atoms with Gasteiger partial charge in [0, 0.05) is 12.1 Å². The van der Waals surface area contributed by atoms with Gasteiger partial charge in [0.25, 0.3) is 5.91 Å². The third-order valence-electron chi connectivity index (χ3n) is 2.46. The molecular formula is C13H11F2NO2. The van der Waals surface area contributed by atoms with E-state index < -0.39 is 17.5 Å². The van der Waals surface area contributed by atoms with Gasteiger partial charge in [0.1, 0.15) is 0 Å². The summed E-state index contributed by atoms with van der Waals surface area (Å²) in [6.07, 6.45) is 3.75. The quantitative estimate of drug-likeness (QED) is 0.907. The van der Waals surface area contributed by atoms with Crippen molar-refractivity contribution in [3.05, 3.63) is 59.6 Å². The van der Waals surface area contributed by atoms with Crippen molar-refractivity contribution in [1.29, 1.82) is 0 Å². The Labute approximate surface area is 102 Å². The molecule has 5 heteroatoms. The number of hydrogen-bond acceptors (Lipinski definition) is 2. The molecule has 0 fully saturated rings. The summed E-state index contributed by atoms with van der Waals surface area (Å²) in [5.41, 5.74) is 1.06. The lowest BCUT2D eigenvalue weighted by atomic mass is 10.2. The average Bonchev–Trinajstić information content (AvgIpc) is 2.85. The van der Waals surface area contributed by atoms with Gasteiger partial charge < -0.3 is 9.73 Å². The zero-order valence-electron chi connectivity index (χ0n) is 9.45. The highest BCUT2D eigenvalue weighted by molar-refractivity contribution is 5.94. The molecule has 18 heavy (non-hydrogen) atoms. The summed E-state index contributed by atoms with van der Waals surface area (Å²) in [5, 5.41) is 2.61. The van der Waals surface area contributed by atoms with Gasteiger partial charge in [-0.25, -0.2) is 8.78 Å². The topological polar surface area (TPSA) is 42.2 Å². The van der Waals surface area contributed by atoms with Crippen LogP contribution in [-0.2, 0) is 6.42 Å². The Bertz CT molecular complexity index is 538. The number of carbonyl (C=O) groups is 1. The van der Waals surface area contributed by atoms with E-state index in [-0.39, 0.29) is 5.56 Å². The lowest BCUT2D eigenvalue weighted by molar-refractivity contribution is 0.0953. The molecule has 0 saturated carbocycles. The molecule has 0 unspecified atom stereocenters. The van der Waals surface area contributed by atoms with Gasteiger partial charge in [-0.05, 0) is 36.2 Å². The highest BCUT2D eigenvalue weighted by Crippen LogP contribution is 2.08. The molecule has 2 aromatic rings. The van der Waals surface area contributed by atoms with Crippen molar-refractivity contribution in [3.63, 3.8) is 0 Å². The molecule has 1 aromatic carbocycles. The number of amides is 1. The first kappa shape index (κ1) is 12.3. The second-order valence-electron chi connectivity index (χ2n) is 3.77. The van der Waals surface area contributed by atoms with E-state index in [0.717, 1.165) is 17.7 Å². The molecule has 94 valence electrons. The summed E-state index contributed by atoms with van der Waals surface area (Å²) < 4.78 is 30.5. The molecule has 0 spiro atoms. The van der Waals surface area contributed by atoms with Crippen LogP contribution in [0.1, 0.15) is 15.9 Å². The van der Waals surface area contributed by atoms with Gasteiger partial charge in [0.2, 0.25) is 0 Å². The van der Waals surface area contributed by atoms with Crippen LogP contribution in [0.25, 0.3) is 0 Å². The van der Waals surface area contributed by atoms with E-state index in [2.05, 4.69) is 5.32 Å². The van der Waals surface area contributed by atoms with Crippen molar-refractivity contribution < 1.29 is 18.0 Å². The summed E-state index contributed by atoms with van der Waals surface area (Å²) in [4.78, 5) is 11.6. The number of carbonyl (C=O) groups excluding carboxylic acids is 1. The molecule has 0 bridgehead atoms. The Hall–Kier alpha value is -2.17. The van der Waals surface area contributed by atoms with Crippen LogP contribution in [0.4, 0.5) is 8.78 Å². The number of rotatable bonds is 4. The molecule has 1 N–H and O–H groups in total. The van der Waals surface area contributed by atoms with Gasteiger partial charge in [0.05, 0.1) is 12.5 Å². The van der Waals surface area contributed by atoms with Gasteiger partial charge in [-0.15, -0.1) is 0 Å². The van der Waals surface area contributed by atoms with Gasteiger partial charge in [-0.1, -0.05) is 0 Å². The zero-order valence-corrected chi connectivity index (χ0v) is 9.45. The van der Waals surface area contributed by atoms with E-state index in [1.54, 1.807) is 18.6 Å². The molecule has 2 rings (SSSR count). The Kier molecular flexibility index (Phi) is 3.72. The van der Waals surface area contributed by atoms with E-state index >= 15 is 0 Å². The van der Waals surface area contributed by atoms with Gasteiger partial charge in [-0.2, -0.15) is 0 Å². The smallest absolute Gasteiger partial charge is 0.251 e. The van der Waals surface area contributed by atoms with Gasteiger partial charge in [0.15, 0.2) is 11.6 Å². The summed E-state index contributed by atoms with van der Waals surface area (Å²) in [6.45, 7) is 0.400. The number of benzene rings is 1. The highest BCUT2D eigenvalue weighted by atomic mass is 19.2. The van der Waals surface area contributed by atoms with E-state index in [9.17, 15) is 13.6 Å². The van der Waals surface area contributed by atoms with Gasteiger partial charge >= 0.3 is 0 Å². The molecular weight excluding hydrogens is 240 g/mol. The first-order valence-electron chi connectivity index (χ1n) is 5.41. The minimum atomic E-state index is -1.03. The lowest BCUT2D eigenvalue weighted by Crippen LogP contribution is -2.25. The van der Waals surface area contributed by atoms with Crippen LogP contribution in [0.3, 0.4) is 0 Å². The van der Waals surface area contributed by atoms with Crippen LogP contribution in [0.2, 0.25) is 0 Å². The molecule has 0 aliphatic carbocycles. The Balaban J connectivity index is 1.89. The van der Waals surface area contributed by atoms with Crippen molar-refractivity contribution in [3.8, 4) is 0 Å². The van der Waals surface area contributed by atoms with Gasteiger partial charge in [-0.3, -0.25) is 4.79 Å². The molecule has 1 aromatic heterocycles. The van der Waals surface area contributed by atoms with Crippen LogP contribution < -0.4 is 5.32 Å². The minimum absolute atomic E-state index is 0.0982. The fourth-order valence-electron chi connectivity index (χ4n) is 1.49. The first-order valence-corrected chi connectivity index (χ1v) is 5.41. The van der Waals surface area contributed by atoms with E-state index in [4.69, 9.17) is 4.42 Å². The summed E-state index contributed by atoms with van der Waals surface area (Å²) in [5.74, 6) is -2.43. The van der Waals surface area contributed by atoms with Crippen molar-refractivity contribution in [2.45, 2.75) is 6.42 Å². The molecule has 0 aliphatic heterocycles. The maximum Gasteiger partial charge on any atom is 0.251 e. The first-order chi connectivity index (χ1) is 8.66.